The minimum Gasteiger partial charge on any atom is -0.172 e. The van der Waals surface area contributed by atoms with Crippen molar-refractivity contribution in [3.63, 3.8) is 0 Å². The van der Waals surface area contributed by atoms with Gasteiger partial charge in [0.1, 0.15) is 10.7 Å². The molecular weight excluding hydrogens is 634 g/mol. The van der Waals surface area contributed by atoms with Crippen LogP contribution >= 0.6 is 11.3 Å². The molecule has 0 saturated heterocycles. The Morgan fingerprint density at radius 2 is 0.957 bits per heavy atom. The smallest absolute Gasteiger partial charge is 0.172 e. The second-order valence-electron chi connectivity index (χ2n) is 11.3. The number of rotatable bonds is 2. The molecule has 0 aliphatic rings. The highest BCUT2D eigenvalue weighted by molar-refractivity contribution is 7.26. The van der Waals surface area contributed by atoms with Crippen LogP contribution in [0.25, 0.3) is 64.0 Å². The third-order valence-corrected chi connectivity index (χ3v) is 9.43. The highest BCUT2D eigenvalue weighted by Gasteiger charge is 2.37. The Bertz CT molecular complexity index is 2600. The van der Waals surface area contributed by atoms with Gasteiger partial charge in [-0.15, -0.1) is 11.3 Å². The zero-order valence-corrected chi connectivity index (χ0v) is 25.2. The molecule has 0 unspecified atom stereocenters. The number of hydrogen-bond donors (Lipinski definition) is 0. The van der Waals surface area contributed by atoms with Gasteiger partial charge in [-0.25, -0.2) is 0 Å². The molecule has 11 heteroatoms. The standard InChI is InChI=1S/C36H18F6N4S/c1-17-7-18(2)9-21(8-17)19-3-5-25-27(12-19)31(45-15-43)33-29(25)30-26-6-4-20(13-28(26)32(46-16-44)34(30)47-33)22-10-23(35(37,38)39)14-24(11-22)36(40,41)42/h3-14H,1-2H3/b45-31-,46-32+. The van der Waals surface area contributed by atoms with Gasteiger partial charge in [-0.1, -0.05) is 53.6 Å². The van der Waals surface area contributed by atoms with Gasteiger partial charge in [-0.2, -0.15) is 46.9 Å². The maximum atomic E-state index is 13.6. The Morgan fingerprint density at radius 3 is 1.36 bits per heavy atom. The minimum atomic E-state index is -5.00. The third kappa shape index (κ3) is 4.91. The van der Waals surface area contributed by atoms with E-state index in [0.717, 1.165) is 38.4 Å². The van der Waals surface area contributed by atoms with Crippen molar-refractivity contribution in [2.75, 3.05) is 0 Å². The largest absolute Gasteiger partial charge is 0.416 e. The Kier molecular flexibility index (Phi) is 6.74. The molecule has 4 nitrogen and oxygen atoms in total. The Hall–Kier alpha value is -5.52. The fourth-order valence-electron chi connectivity index (χ4n) is 6.38. The number of halogens is 6. The van der Waals surface area contributed by atoms with E-state index >= 15 is 0 Å². The number of fused-ring (bicyclic) bond motifs is 7. The predicted molar refractivity (Wildman–Crippen MR) is 169 cm³/mol. The van der Waals surface area contributed by atoms with Gasteiger partial charge in [0, 0.05) is 21.5 Å². The minimum absolute atomic E-state index is 0.0869. The number of nitrogens with zero attached hydrogens (tertiary/aromatic N) is 4. The second kappa shape index (κ2) is 10.5. The topological polar surface area (TPSA) is 72.3 Å². The summed E-state index contributed by atoms with van der Waals surface area (Å²) in [7, 11) is 0. The molecule has 0 fully saturated rings. The fraction of sp³-hybridized carbons (Fsp3) is 0.111. The van der Waals surface area contributed by atoms with Crippen molar-refractivity contribution in [1.29, 1.82) is 10.5 Å². The molecule has 0 aliphatic heterocycles. The lowest BCUT2D eigenvalue weighted by atomic mass is 9.97. The van der Waals surface area contributed by atoms with Crippen LogP contribution in [-0.4, -0.2) is 0 Å². The van der Waals surface area contributed by atoms with Crippen LogP contribution in [-0.2, 0) is 12.4 Å². The van der Waals surface area contributed by atoms with Crippen LogP contribution in [0.5, 0.6) is 0 Å². The molecule has 6 aromatic carbocycles. The molecule has 7 rings (SSSR count). The van der Waals surface area contributed by atoms with Crippen molar-refractivity contribution in [1.82, 2.24) is 0 Å². The lowest BCUT2D eigenvalue weighted by molar-refractivity contribution is -0.143. The van der Waals surface area contributed by atoms with Crippen LogP contribution in [0.1, 0.15) is 22.3 Å². The normalized spacial score (nSPS) is 13.3. The number of alkyl halides is 6. The molecule has 7 aromatic rings. The van der Waals surface area contributed by atoms with Gasteiger partial charge in [0.2, 0.25) is 12.4 Å². The predicted octanol–water partition coefficient (Wildman–Crippen LogP) is 9.99. The van der Waals surface area contributed by atoms with E-state index in [1.807, 2.05) is 38.2 Å². The quantitative estimate of drug-likeness (QED) is 0.138. The highest BCUT2D eigenvalue weighted by Crippen LogP contribution is 2.44. The number of benzene rings is 4. The van der Waals surface area contributed by atoms with Crippen LogP contribution < -0.4 is 10.7 Å². The first kappa shape index (κ1) is 30.2. The van der Waals surface area contributed by atoms with E-state index in [1.54, 1.807) is 12.3 Å². The third-order valence-electron chi connectivity index (χ3n) is 8.23. The van der Waals surface area contributed by atoms with Gasteiger partial charge in [-0.05, 0) is 77.2 Å². The molecule has 0 atom stereocenters. The summed E-state index contributed by atoms with van der Waals surface area (Å²) in [6.45, 7) is 4.03. The molecule has 1 aromatic heterocycles. The Labute approximate surface area is 266 Å². The molecule has 1 heterocycles. The van der Waals surface area contributed by atoms with Gasteiger partial charge in [0.15, 0.2) is 0 Å². The van der Waals surface area contributed by atoms with E-state index in [4.69, 9.17) is 0 Å². The molecule has 47 heavy (non-hydrogen) atoms. The number of nitriles is 2. The van der Waals surface area contributed by atoms with Crippen molar-refractivity contribution in [3.8, 4) is 34.6 Å². The van der Waals surface area contributed by atoms with Crippen molar-refractivity contribution < 1.29 is 26.3 Å². The van der Waals surface area contributed by atoms with E-state index in [9.17, 15) is 36.9 Å². The molecule has 0 amide bonds. The van der Waals surface area contributed by atoms with E-state index in [-0.39, 0.29) is 22.6 Å². The van der Waals surface area contributed by atoms with Crippen LogP contribution in [0.4, 0.5) is 26.3 Å². The molecule has 0 bridgehead atoms. The summed E-state index contributed by atoms with van der Waals surface area (Å²) in [4.78, 5) is 8.20. The monoisotopic (exact) mass is 652 g/mol. The average molecular weight is 653 g/mol. The summed E-state index contributed by atoms with van der Waals surface area (Å²) < 4.78 is 83.0. The van der Waals surface area contributed by atoms with Crippen molar-refractivity contribution in [2.45, 2.75) is 26.2 Å². The number of aryl methyl sites for hydroxylation is 2. The van der Waals surface area contributed by atoms with E-state index in [2.05, 4.69) is 28.2 Å². The summed E-state index contributed by atoms with van der Waals surface area (Å²) in [5.74, 6) is 0. The first-order valence-electron chi connectivity index (χ1n) is 14.1. The van der Waals surface area contributed by atoms with Crippen LogP contribution in [0.15, 0.2) is 82.8 Å². The van der Waals surface area contributed by atoms with Crippen molar-refractivity contribution in [3.05, 3.63) is 106 Å². The molecule has 0 N–H and O–H groups in total. The van der Waals surface area contributed by atoms with E-state index in [0.29, 0.717) is 43.0 Å². The van der Waals surface area contributed by atoms with Crippen molar-refractivity contribution in [2.24, 2.45) is 9.98 Å². The molecule has 230 valence electrons. The summed E-state index contributed by atoms with van der Waals surface area (Å²) in [5.41, 5.74) is 1.11. The van der Waals surface area contributed by atoms with Gasteiger partial charge in [0.25, 0.3) is 0 Å². The Balaban J connectivity index is 1.53. The molecule has 0 saturated carbocycles. The number of hydrogen-bond acceptors (Lipinski definition) is 5. The summed E-state index contributed by atoms with van der Waals surface area (Å²) in [5, 5.41) is 24.0. The zero-order valence-electron chi connectivity index (χ0n) is 24.4. The molecular formula is C36H18F6N4S. The highest BCUT2D eigenvalue weighted by atomic mass is 32.1. The molecule has 0 spiro atoms. The van der Waals surface area contributed by atoms with E-state index in [1.165, 1.54) is 23.5 Å². The zero-order chi connectivity index (χ0) is 33.4. The lowest BCUT2D eigenvalue weighted by Crippen LogP contribution is -2.11. The summed E-state index contributed by atoms with van der Waals surface area (Å²) in [6.07, 6.45) is -6.33. The SMILES string of the molecule is Cc1cc(C)cc(-c2ccc3c(c2)/c(=N/C#N)c2sc4/c(=N/C#N)c5cc(-c6cc(C(F)(F)F)cc(C(F)(F)F)c6)ccc5c4c23)c1. The lowest BCUT2D eigenvalue weighted by Gasteiger charge is -2.14. The summed E-state index contributed by atoms with van der Waals surface area (Å²) in [6, 6.07) is 18.1. The van der Waals surface area contributed by atoms with Gasteiger partial charge < -0.3 is 0 Å². The van der Waals surface area contributed by atoms with E-state index < -0.39 is 23.5 Å². The van der Waals surface area contributed by atoms with Gasteiger partial charge in [0.05, 0.1) is 20.5 Å². The van der Waals surface area contributed by atoms with Gasteiger partial charge in [-0.3, -0.25) is 0 Å². The Morgan fingerprint density at radius 1 is 0.532 bits per heavy atom. The van der Waals surface area contributed by atoms with Gasteiger partial charge >= 0.3 is 12.4 Å². The first-order chi connectivity index (χ1) is 22.3. The maximum absolute atomic E-state index is 13.6. The van der Waals surface area contributed by atoms with Crippen molar-refractivity contribution >= 4 is 53.1 Å². The van der Waals surface area contributed by atoms with Crippen LogP contribution in [0, 0.1) is 36.8 Å². The average Bonchev–Trinajstić information content (AvgIpc) is 3.62. The molecule has 0 aliphatic carbocycles. The van der Waals surface area contributed by atoms with Crippen LogP contribution in [0.3, 0.4) is 0 Å². The first-order valence-corrected chi connectivity index (χ1v) is 14.9. The summed E-state index contributed by atoms with van der Waals surface area (Å²) >= 11 is 1.28. The fourth-order valence-corrected chi connectivity index (χ4v) is 7.72. The molecule has 0 radical (unpaired) electrons. The maximum Gasteiger partial charge on any atom is 0.416 e. The number of thiophene rings is 1. The van der Waals surface area contributed by atoms with Crippen LogP contribution in [0.2, 0.25) is 0 Å². The second-order valence-corrected chi connectivity index (χ2v) is 12.3.